The number of aromatic nitrogens is 3. The lowest BCUT2D eigenvalue weighted by Gasteiger charge is -2.22. The first-order chi connectivity index (χ1) is 12.2. The molecule has 1 amide bonds. The van der Waals surface area contributed by atoms with Gasteiger partial charge in [0.1, 0.15) is 5.69 Å². The maximum absolute atomic E-state index is 12.7. The Morgan fingerprint density at radius 3 is 2.73 bits per heavy atom. The summed E-state index contributed by atoms with van der Waals surface area (Å²) in [6.45, 7) is 1.77. The predicted molar refractivity (Wildman–Crippen MR) is 101 cm³/mol. The summed E-state index contributed by atoms with van der Waals surface area (Å²) in [6.07, 6.45) is 9.47. The quantitative estimate of drug-likeness (QED) is 0.664. The average Bonchev–Trinajstić information content (AvgIpc) is 2.97. The number of nitrogens with zero attached hydrogens (tertiary/aromatic N) is 5. The van der Waals surface area contributed by atoms with Crippen LogP contribution in [0.1, 0.15) is 6.92 Å². The van der Waals surface area contributed by atoms with Gasteiger partial charge in [0.2, 0.25) is 15.9 Å². The van der Waals surface area contributed by atoms with Crippen LogP contribution in [0.15, 0.2) is 42.9 Å². The van der Waals surface area contributed by atoms with Crippen molar-refractivity contribution in [2.24, 2.45) is 0 Å². The molecule has 0 radical (unpaired) electrons. The van der Waals surface area contributed by atoms with Crippen molar-refractivity contribution in [1.82, 2.24) is 19.1 Å². The highest BCUT2D eigenvalue weighted by atomic mass is 35.5. The molecule has 140 valence electrons. The van der Waals surface area contributed by atoms with Crippen molar-refractivity contribution in [2.45, 2.75) is 6.92 Å². The van der Waals surface area contributed by atoms with Crippen molar-refractivity contribution < 1.29 is 13.2 Å². The molecule has 0 aliphatic rings. The van der Waals surface area contributed by atoms with Gasteiger partial charge >= 0.3 is 0 Å². The van der Waals surface area contributed by atoms with E-state index in [0.717, 1.165) is 10.6 Å². The molecule has 8 nitrogen and oxygen atoms in total. The van der Waals surface area contributed by atoms with E-state index in [9.17, 15) is 13.2 Å². The molecule has 2 rings (SSSR count). The zero-order chi connectivity index (χ0) is 19.3. The standard InChI is InChI=1S/C16H20ClN5O3S/c1-4-5-9-21(15(23)12-20(2)26(3,24)25)14-11-22(19-16(14)17)13-7-6-8-18-10-13/h4-8,10-11H,9,12H2,1-3H3. The number of hydrogen-bond donors (Lipinski definition) is 0. The van der Waals surface area contributed by atoms with Crippen LogP contribution in [0.4, 0.5) is 5.69 Å². The van der Waals surface area contributed by atoms with Crippen LogP contribution in [0, 0.1) is 0 Å². The minimum atomic E-state index is -3.48. The Labute approximate surface area is 157 Å². The lowest BCUT2D eigenvalue weighted by atomic mass is 10.3. The molecule has 0 unspecified atom stereocenters. The molecular weight excluding hydrogens is 378 g/mol. The van der Waals surface area contributed by atoms with Gasteiger partial charge < -0.3 is 4.90 Å². The van der Waals surface area contributed by atoms with Gasteiger partial charge in [0.25, 0.3) is 0 Å². The van der Waals surface area contributed by atoms with Crippen LogP contribution >= 0.6 is 11.6 Å². The number of halogens is 1. The largest absolute Gasteiger partial charge is 0.303 e. The number of carbonyl (C=O) groups is 1. The number of allylic oxidation sites excluding steroid dienone is 1. The topological polar surface area (TPSA) is 88.4 Å². The first-order valence-corrected chi connectivity index (χ1v) is 9.95. The zero-order valence-electron chi connectivity index (χ0n) is 14.7. The van der Waals surface area contributed by atoms with Crippen molar-refractivity contribution in [3.63, 3.8) is 0 Å². The van der Waals surface area contributed by atoms with Crippen LogP contribution in [0.3, 0.4) is 0 Å². The summed E-state index contributed by atoms with van der Waals surface area (Å²) < 4.78 is 25.7. The zero-order valence-corrected chi connectivity index (χ0v) is 16.3. The van der Waals surface area contributed by atoms with Gasteiger partial charge in [-0.05, 0) is 19.1 Å². The Hall–Kier alpha value is -2.23. The lowest BCUT2D eigenvalue weighted by Crippen LogP contribution is -2.41. The summed E-state index contributed by atoms with van der Waals surface area (Å²) in [6, 6.07) is 3.56. The van der Waals surface area contributed by atoms with Gasteiger partial charge in [-0.3, -0.25) is 9.78 Å². The van der Waals surface area contributed by atoms with Crippen molar-refractivity contribution in [3.8, 4) is 5.69 Å². The summed E-state index contributed by atoms with van der Waals surface area (Å²) >= 11 is 6.24. The molecular formula is C16H20ClN5O3S. The van der Waals surface area contributed by atoms with E-state index in [0.29, 0.717) is 11.4 Å². The van der Waals surface area contributed by atoms with Crippen molar-refractivity contribution >= 4 is 33.2 Å². The van der Waals surface area contributed by atoms with Crippen molar-refractivity contribution in [1.29, 1.82) is 0 Å². The molecule has 2 heterocycles. The Bertz CT molecular complexity index is 896. The predicted octanol–water partition coefficient (Wildman–Crippen LogP) is 1.72. The van der Waals surface area contributed by atoms with E-state index < -0.39 is 15.9 Å². The highest BCUT2D eigenvalue weighted by Crippen LogP contribution is 2.26. The molecule has 26 heavy (non-hydrogen) atoms. The van der Waals surface area contributed by atoms with E-state index in [1.165, 1.54) is 16.6 Å². The third-order valence-corrected chi connectivity index (χ3v) is 5.13. The molecule has 0 aliphatic heterocycles. The summed E-state index contributed by atoms with van der Waals surface area (Å²) in [7, 11) is -2.13. The van der Waals surface area contributed by atoms with Gasteiger partial charge in [0.15, 0.2) is 5.15 Å². The van der Waals surface area contributed by atoms with Gasteiger partial charge in [0, 0.05) is 19.8 Å². The smallest absolute Gasteiger partial charge is 0.242 e. The van der Waals surface area contributed by atoms with Crippen LogP contribution < -0.4 is 4.90 Å². The van der Waals surface area contributed by atoms with Crippen molar-refractivity contribution in [2.75, 3.05) is 31.3 Å². The van der Waals surface area contributed by atoms with Gasteiger partial charge in [-0.1, -0.05) is 23.8 Å². The Morgan fingerprint density at radius 1 is 1.42 bits per heavy atom. The maximum Gasteiger partial charge on any atom is 0.242 e. The minimum absolute atomic E-state index is 0.133. The second-order valence-electron chi connectivity index (χ2n) is 5.55. The number of likely N-dealkylation sites (N-methyl/N-ethyl adjacent to an activating group) is 1. The van der Waals surface area contributed by atoms with Crippen LogP contribution in [0.2, 0.25) is 5.15 Å². The van der Waals surface area contributed by atoms with Gasteiger partial charge in [-0.15, -0.1) is 0 Å². The molecule has 0 aromatic carbocycles. The number of sulfonamides is 1. The molecule has 0 bridgehead atoms. The number of carbonyl (C=O) groups excluding carboxylic acids is 1. The lowest BCUT2D eigenvalue weighted by molar-refractivity contribution is -0.118. The molecule has 0 aliphatic carbocycles. The highest BCUT2D eigenvalue weighted by Gasteiger charge is 2.24. The Balaban J connectivity index is 2.35. The second-order valence-corrected chi connectivity index (χ2v) is 8.00. The number of pyridine rings is 1. The van der Waals surface area contributed by atoms with E-state index in [1.54, 1.807) is 42.9 Å². The van der Waals surface area contributed by atoms with Crippen LogP contribution in [0.5, 0.6) is 0 Å². The fourth-order valence-corrected chi connectivity index (χ4v) is 2.66. The number of rotatable bonds is 7. The fraction of sp³-hybridized carbons (Fsp3) is 0.312. The first kappa shape index (κ1) is 20.1. The molecule has 0 N–H and O–H groups in total. The molecule has 0 saturated carbocycles. The maximum atomic E-state index is 12.7. The number of amides is 1. The van der Waals surface area contributed by atoms with Crippen molar-refractivity contribution in [3.05, 3.63) is 48.0 Å². The van der Waals surface area contributed by atoms with E-state index >= 15 is 0 Å². The summed E-state index contributed by atoms with van der Waals surface area (Å²) in [4.78, 5) is 18.1. The third kappa shape index (κ3) is 4.90. The molecule has 2 aromatic heterocycles. The SMILES string of the molecule is CC=CCN(C(=O)CN(C)S(C)(=O)=O)c1cn(-c2cccnc2)nc1Cl. The number of hydrogen-bond acceptors (Lipinski definition) is 5. The Kier molecular flexibility index (Phi) is 6.52. The summed E-state index contributed by atoms with van der Waals surface area (Å²) in [5.74, 6) is -0.413. The highest BCUT2D eigenvalue weighted by molar-refractivity contribution is 7.88. The van der Waals surface area contributed by atoms with Gasteiger partial charge in [-0.2, -0.15) is 9.40 Å². The second kappa shape index (κ2) is 8.43. The minimum Gasteiger partial charge on any atom is -0.303 e. The summed E-state index contributed by atoms with van der Waals surface area (Å²) in [5.41, 5.74) is 1.08. The fourth-order valence-electron chi connectivity index (χ4n) is 2.08. The van der Waals surface area contributed by atoms with E-state index in [4.69, 9.17) is 11.6 Å². The first-order valence-electron chi connectivity index (χ1n) is 7.72. The number of anilines is 1. The average molecular weight is 398 g/mol. The van der Waals surface area contributed by atoms with Gasteiger partial charge in [0.05, 0.1) is 30.9 Å². The van der Waals surface area contributed by atoms with Crippen LogP contribution in [-0.2, 0) is 14.8 Å². The molecule has 0 saturated heterocycles. The normalized spacial score (nSPS) is 12.0. The van der Waals surface area contributed by atoms with E-state index in [2.05, 4.69) is 10.1 Å². The van der Waals surface area contributed by atoms with E-state index in [-0.39, 0.29) is 18.2 Å². The van der Waals surface area contributed by atoms with Crippen LogP contribution in [-0.4, -0.2) is 59.8 Å². The summed E-state index contributed by atoms with van der Waals surface area (Å²) in [5, 5.41) is 4.35. The molecule has 0 spiro atoms. The van der Waals surface area contributed by atoms with E-state index in [1.807, 2.05) is 6.92 Å². The molecule has 2 aromatic rings. The monoisotopic (exact) mass is 397 g/mol. The molecule has 0 fully saturated rings. The van der Waals surface area contributed by atoms with Crippen LogP contribution in [0.25, 0.3) is 5.69 Å². The third-order valence-electron chi connectivity index (χ3n) is 3.60. The van der Waals surface area contributed by atoms with Gasteiger partial charge in [-0.25, -0.2) is 13.1 Å². The molecule has 10 heteroatoms. The Morgan fingerprint density at radius 2 is 2.15 bits per heavy atom. The molecule has 0 atom stereocenters.